The molecule has 0 spiro atoms. The number of fused-ring (bicyclic) bond motifs is 1. The average molecular weight is 288 g/mol. The quantitative estimate of drug-likeness (QED) is 0.915. The summed E-state index contributed by atoms with van der Waals surface area (Å²) in [5.74, 6) is 0.122. The maximum atomic E-state index is 11.7. The van der Waals surface area contributed by atoms with Crippen LogP contribution in [0.3, 0.4) is 0 Å². The maximum absolute atomic E-state index is 11.7. The molecule has 0 unspecified atom stereocenters. The molecule has 0 aliphatic carbocycles. The minimum absolute atomic E-state index is 0.168. The van der Waals surface area contributed by atoms with Gasteiger partial charge in [-0.1, -0.05) is 0 Å². The average Bonchev–Trinajstić information content (AvgIpc) is 2.94. The Bertz CT molecular complexity index is 768. The Balaban J connectivity index is 2.05. The van der Waals surface area contributed by atoms with Crippen molar-refractivity contribution in [2.45, 2.75) is 13.0 Å². The maximum Gasteiger partial charge on any atom is 0.328 e. The van der Waals surface area contributed by atoms with E-state index in [1.807, 2.05) is 0 Å². The third-order valence-electron chi connectivity index (χ3n) is 3.22. The molecular weight excluding hydrogens is 276 g/mol. The van der Waals surface area contributed by atoms with Crippen LogP contribution >= 0.6 is 0 Å². The van der Waals surface area contributed by atoms with Crippen molar-refractivity contribution in [1.82, 2.24) is 9.78 Å². The molecule has 7 nitrogen and oxygen atoms in total. The Hall–Kier alpha value is -2.83. The lowest BCUT2D eigenvalue weighted by Crippen LogP contribution is -2.29. The second-order valence-corrected chi connectivity index (χ2v) is 4.58. The van der Waals surface area contributed by atoms with Crippen LogP contribution in [0.15, 0.2) is 35.1 Å². The van der Waals surface area contributed by atoms with Crippen molar-refractivity contribution >= 4 is 5.97 Å². The molecule has 1 aromatic carbocycles. The minimum atomic E-state index is -1.12. The second-order valence-electron chi connectivity index (χ2n) is 4.58. The Morgan fingerprint density at radius 2 is 2.05 bits per heavy atom. The summed E-state index contributed by atoms with van der Waals surface area (Å²) >= 11 is 0. The Morgan fingerprint density at radius 3 is 2.81 bits per heavy atom. The zero-order chi connectivity index (χ0) is 15.0. The van der Waals surface area contributed by atoms with Gasteiger partial charge in [-0.2, -0.15) is 5.10 Å². The zero-order valence-electron chi connectivity index (χ0n) is 11.1. The van der Waals surface area contributed by atoms with Crippen molar-refractivity contribution in [2.75, 3.05) is 6.79 Å². The van der Waals surface area contributed by atoms with Crippen molar-refractivity contribution in [3.8, 4) is 22.8 Å². The summed E-state index contributed by atoms with van der Waals surface area (Å²) in [6.45, 7) is 1.57. The van der Waals surface area contributed by atoms with Gasteiger partial charge in [0.1, 0.15) is 0 Å². The number of nitrogens with zero attached hydrogens (tertiary/aromatic N) is 2. The normalized spacial score (nSPS) is 14.0. The first-order chi connectivity index (χ1) is 10.1. The van der Waals surface area contributed by atoms with E-state index in [-0.39, 0.29) is 6.79 Å². The highest BCUT2D eigenvalue weighted by molar-refractivity contribution is 5.71. The van der Waals surface area contributed by atoms with Gasteiger partial charge in [-0.25, -0.2) is 9.48 Å². The molecule has 1 atom stereocenters. The molecule has 0 fully saturated rings. The summed E-state index contributed by atoms with van der Waals surface area (Å²) in [5.41, 5.74) is 0.737. The van der Waals surface area contributed by atoms with Crippen molar-refractivity contribution in [2.24, 2.45) is 0 Å². The molecule has 3 rings (SSSR count). The van der Waals surface area contributed by atoms with Crippen LogP contribution in [-0.4, -0.2) is 27.6 Å². The third-order valence-corrected chi connectivity index (χ3v) is 3.22. The van der Waals surface area contributed by atoms with Gasteiger partial charge in [-0.05, 0) is 31.2 Å². The van der Waals surface area contributed by atoms with Crippen LogP contribution in [0, 0.1) is 0 Å². The summed E-state index contributed by atoms with van der Waals surface area (Å²) in [5, 5.41) is 13.1. The van der Waals surface area contributed by atoms with Gasteiger partial charge in [0.15, 0.2) is 17.5 Å². The van der Waals surface area contributed by atoms with Crippen LogP contribution < -0.4 is 15.0 Å². The van der Waals surface area contributed by atoms with Gasteiger partial charge in [0.25, 0.3) is 5.56 Å². The fraction of sp³-hybridized carbons (Fsp3) is 0.214. The first-order valence-electron chi connectivity index (χ1n) is 6.29. The summed E-state index contributed by atoms with van der Waals surface area (Å²) < 4.78 is 11.5. The van der Waals surface area contributed by atoms with Crippen LogP contribution in [0.5, 0.6) is 11.5 Å². The number of ether oxygens (including phenoxy) is 2. The van der Waals surface area contributed by atoms with Gasteiger partial charge in [0.2, 0.25) is 6.79 Å². The highest BCUT2D eigenvalue weighted by atomic mass is 16.7. The Kier molecular flexibility index (Phi) is 3.09. The van der Waals surface area contributed by atoms with Crippen LogP contribution in [0.25, 0.3) is 11.3 Å². The Labute approximate surface area is 119 Å². The monoisotopic (exact) mass is 288 g/mol. The van der Waals surface area contributed by atoms with E-state index < -0.39 is 17.6 Å². The number of rotatable bonds is 3. The standard InChI is InChI=1S/C14H12N2O5/c1-8(14(18)19)16-13(17)5-3-10(15-16)9-2-4-11-12(6-9)21-7-20-11/h2-6,8H,7H2,1H3,(H,18,19)/t8-/m1/s1. The van der Waals surface area contributed by atoms with Crippen molar-refractivity contribution in [3.05, 3.63) is 40.7 Å². The first-order valence-corrected chi connectivity index (χ1v) is 6.29. The van der Waals surface area contributed by atoms with Gasteiger partial charge in [-0.15, -0.1) is 0 Å². The molecule has 108 valence electrons. The molecule has 1 aliphatic rings. The summed E-state index contributed by atoms with van der Waals surface area (Å²) in [7, 11) is 0. The summed E-state index contributed by atoms with van der Waals surface area (Å²) in [6.07, 6.45) is 0. The summed E-state index contributed by atoms with van der Waals surface area (Å²) in [6, 6.07) is 7.07. The van der Waals surface area contributed by atoms with Gasteiger partial charge < -0.3 is 14.6 Å². The number of aliphatic carboxylic acids is 1. The van der Waals surface area contributed by atoms with E-state index in [0.717, 1.165) is 4.68 Å². The highest BCUT2D eigenvalue weighted by Crippen LogP contribution is 2.35. The van der Waals surface area contributed by atoms with E-state index in [4.69, 9.17) is 14.6 Å². The number of benzene rings is 1. The number of carbonyl (C=O) groups is 1. The van der Waals surface area contributed by atoms with E-state index in [9.17, 15) is 9.59 Å². The van der Waals surface area contributed by atoms with Crippen molar-refractivity contribution in [3.63, 3.8) is 0 Å². The number of aromatic nitrogens is 2. The van der Waals surface area contributed by atoms with E-state index in [2.05, 4.69) is 5.10 Å². The van der Waals surface area contributed by atoms with Crippen molar-refractivity contribution < 1.29 is 19.4 Å². The molecule has 0 radical (unpaired) electrons. The number of carboxylic acid groups (broad SMARTS) is 1. The molecule has 7 heteroatoms. The van der Waals surface area contributed by atoms with E-state index >= 15 is 0 Å². The lowest BCUT2D eigenvalue weighted by Gasteiger charge is -2.10. The lowest BCUT2D eigenvalue weighted by molar-refractivity contribution is -0.140. The minimum Gasteiger partial charge on any atom is -0.480 e. The number of hydrogen-bond acceptors (Lipinski definition) is 5. The van der Waals surface area contributed by atoms with Gasteiger partial charge in [-0.3, -0.25) is 4.79 Å². The predicted molar refractivity (Wildman–Crippen MR) is 72.4 cm³/mol. The smallest absolute Gasteiger partial charge is 0.328 e. The molecule has 1 aliphatic heterocycles. The first kappa shape index (κ1) is 13.2. The van der Waals surface area contributed by atoms with Gasteiger partial charge in [0.05, 0.1) is 5.69 Å². The summed E-state index contributed by atoms with van der Waals surface area (Å²) in [4.78, 5) is 22.7. The van der Waals surface area contributed by atoms with Crippen LogP contribution in [0.2, 0.25) is 0 Å². The molecule has 0 bridgehead atoms. The molecule has 21 heavy (non-hydrogen) atoms. The molecule has 2 aromatic rings. The lowest BCUT2D eigenvalue weighted by atomic mass is 10.1. The van der Waals surface area contributed by atoms with E-state index in [1.165, 1.54) is 13.0 Å². The fourth-order valence-electron chi connectivity index (χ4n) is 2.02. The molecular formula is C14H12N2O5. The van der Waals surface area contributed by atoms with E-state index in [1.54, 1.807) is 24.3 Å². The van der Waals surface area contributed by atoms with Crippen LogP contribution in [0.4, 0.5) is 0 Å². The largest absolute Gasteiger partial charge is 0.480 e. The van der Waals surface area contributed by atoms with Gasteiger partial charge >= 0.3 is 5.97 Å². The second kappa shape index (κ2) is 4.93. The van der Waals surface area contributed by atoms with E-state index in [0.29, 0.717) is 22.8 Å². The molecule has 0 amide bonds. The molecule has 2 heterocycles. The zero-order valence-corrected chi connectivity index (χ0v) is 11.1. The molecule has 0 saturated heterocycles. The van der Waals surface area contributed by atoms with Crippen LogP contribution in [0.1, 0.15) is 13.0 Å². The third kappa shape index (κ3) is 2.33. The fourth-order valence-corrected chi connectivity index (χ4v) is 2.02. The number of hydrogen-bond donors (Lipinski definition) is 1. The topological polar surface area (TPSA) is 90.7 Å². The highest BCUT2D eigenvalue weighted by Gasteiger charge is 2.18. The SMILES string of the molecule is C[C@H](C(=O)O)n1nc(-c2ccc3c(c2)OCO3)ccc1=O. The van der Waals surface area contributed by atoms with Crippen molar-refractivity contribution in [1.29, 1.82) is 0 Å². The molecule has 1 aromatic heterocycles. The Morgan fingerprint density at radius 1 is 1.29 bits per heavy atom. The molecule has 0 saturated carbocycles. The predicted octanol–water partition coefficient (Wildman–Crippen LogP) is 1.28. The van der Waals surface area contributed by atoms with Gasteiger partial charge in [0, 0.05) is 11.6 Å². The number of carboxylic acids is 1. The van der Waals surface area contributed by atoms with Crippen LogP contribution in [-0.2, 0) is 4.79 Å². The molecule has 1 N–H and O–H groups in total.